The zero-order chi connectivity index (χ0) is 11.1. The molecule has 0 aliphatic rings. The van der Waals surface area contributed by atoms with E-state index < -0.39 is 5.89 Å². The van der Waals surface area contributed by atoms with Crippen LogP contribution >= 0.6 is 0 Å². The standard InChI is InChI=1S/C9H12N4O/c1-6(2)7-4-5-13-8(10-7)11-9(12-13)14-3/h4-6H,1-3H3/i6D. The Hall–Kier alpha value is -1.65. The van der Waals surface area contributed by atoms with Gasteiger partial charge in [0.2, 0.25) is 0 Å². The van der Waals surface area contributed by atoms with Crippen molar-refractivity contribution in [2.75, 3.05) is 7.11 Å². The van der Waals surface area contributed by atoms with E-state index in [4.69, 9.17) is 6.11 Å². The first-order valence-electron chi connectivity index (χ1n) is 4.78. The first-order chi connectivity index (χ1) is 7.00. The molecule has 2 aromatic heterocycles. The van der Waals surface area contributed by atoms with Crippen LogP contribution in [0.5, 0.6) is 6.01 Å². The van der Waals surface area contributed by atoms with Crippen LogP contribution in [0.15, 0.2) is 12.3 Å². The Morgan fingerprint density at radius 3 is 2.93 bits per heavy atom. The van der Waals surface area contributed by atoms with Crippen LogP contribution in [0.2, 0.25) is 0 Å². The van der Waals surface area contributed by atoms with Crippen molar-refractivity contribution in [2.24, 2.45) is 0 Å². The first-order valence-corrected chi connectivity index (χ1v) is 4.28. The average Bonchev–Trinajstić information content (AvgIpc) is 2.57. The maximum Gasteiger partial charge on any atom is 0.337 e. The van der Waals surface area contributed by atoms with Gasteiger partial charge in [-0.05, 0) is 12.0 Å². The third kappa shape index (κ3) is 1.41. The monoisotopic (exact) mass is 193 g/mol. The number of hydrogen-bond acceptors (Lipinski definition) is 4. The van der Waals surface area contributed by atoms with Crippen molar-refractivity contribution in [1.29, 1.82) is 0 Å². The van der Waals surface area contributed by atoms with Gasteiger partial charge in [-0.3, -0.25) is 0 Å². The number of rotatable bonds is 2. The number of nitrogens with zero attached hydrogens (tertiary/aromatic N) is 4. The lowest BCUT2D eigenvalue weighted by atomic mass is 10.1. The van der Waals surface area contributed by atoms with Gasteiger partial charge in [-0.25, -0.2) is 9.50 Å². The molecule has 0 aromatic carbocycles. The normalized spacial score (nSPS) is 12.9. The molecule has 0 radical (unpaired) electrons. The highest BCUT2D eigenvalue weighted by molar-refractivity contribution is 5.30. The quantitative estimate of drug-likeness (QED) is 0.720. The summed E-state index contributed by atoms with van der Waals surface area (Å²) in [4.78, 5) is 8.28. The molecule has 2 heterocycles. The summed E-state index contributed by atoms with van der Waals surface area (Å²) < 4.78 is 14.3. The van der Waals surface area contributed by atoms with E-state index in [9.17, 15) is 0 Å². The molecule has 2 aromatic rings. The van der Waals surface area contributed by atoms with Crippen molar-refractivity contribution >= 4 is 5.78 Å². The molecule has 0 unspecified atom stereocenters. The van der Waals surface area contributed by atoms with E-state index in [1.165, 1.54) is 11.6 Å². The van der Waals surface area contributed by atoms with Crippen LogP contribution in [0.25, 0.3) is 5.78 Å². The van der Waals surface area contributed by atoms with Crippen LogP contribution in [0.3, 0.4) is 0 Å². The van der Waals surface area contributed by atoms with Crippen LogP contribution in [-0.4, -0.2) is 26.7 Å². The number of ether oxygens (including phenoxy) is 1. The molecular formula is C9H12N4O. The second-order valence-corrected chi connectivity index (χ2v) is 3.16. The molecule has 0 fully saturated rings. The Labute approximate surface area is 83.2 Å². The summed E-state index contributed by atoms with van der Waals surface area (Å²) in [5, 5.41) is 4.01. The Bertz CT molecular complexity index is 488. The lowest BCUT2D eigenvalue weighted by Crippen LogP contribution is -1.97. The maximum absolute atomic E-state index is 7.85. The van der Waals surface area contributed by atoms with Gasteiger partial charge >= 0.3 is 6.01 Å². The first kappa shape index (κ1) is 7.73. The van der Waals surface area contributed by atoms with E-state index in [2.05, 4.69) is 15.1 Å². The van der Waals surface area contributed by atoms with E-state index >= 15 is 0 Å². The van der Waals surface area contributed by atoms with Crippen molar-refractivity contribution in [3.63, 3.8) is 0 Å². The van der Waals surface area contributed by atoms with Crippen LogP contribution in [0.1, 0.15) is 26.8 Å². The van der Waals surface area contributed by atoms with Gasteiger partial charge in [-0.2, -0.15) is 4.98 Å². The Kier molecular flexibility index (Phi) is 1.79. The van der Waals surface area contributed by atoms with E-state index in [1.54, 1.807) is 26.1 Å². The van der Waals surface area contributed by atoms with Crippen molar-refractivity contribution in [2.45, 2.75) is 19.7 Å². The van der Waals surface area contributed by atoms with Crippen molar-refractivity contribution in [1.82, 2.24) is 19.6 Å². The van der Waals surface area contributed by atoms with Crippen LogP contribution in [0, 0.1) is 0 Å². The summed E-state index contributed by atoms with van der Waals surface area (Å²) in [6, 6.07) is 2.04. The van der Waals surface area contributed by atoms with Gasteiger partial charge in [-0.1, -0.05) is 13.8 Å². The van der Waals surface area contributed by atoms with Gasteiger partial charge in [0.1, 0.15) is 0 Å². The number of fused-ring (bicyclic) bond motifs is 1. The van der Waals surface area contributed by atoms with Gasteiger partial charge in [-0.15, -0.1) is 5.10 Å². The Balaban J connectivity index is 2.55. The molecule has 0 aliphatic carbocycles. The number of aromatic nitrogens is 4. The minimum Gasteiger partial charge on any atom is -0.466 e. The van der Waals surface area contributed by atoms with Gasteiger partial charge in [0.05, 0.1) is 7.11 Å². The summed E-state index contributed by atoms with van der Waals surface area (Å²) in [6.07, 6.45) is 1.73. The smallest absolute Gasteiger partial charge is 0.337 e. The zero-order valence-electron chi connectivity index (χ0n) is 9.35. The predicted molar refractivity (Wildman–Crippen MR) is 51.4 cm³/mol. The number of methoxy groups -OCH3 is 1. The predicted octanol–water partition coefficient (Wildman–Crippen LogP) is 1.26. The fraction of sp³-hybridized carbons (Fsp3) is 0.444. The SMILES string of the molecule is [2H]C(C)(C)c1ccn2nc(OC)nc2n1. The van der Waals surface area contributed by atoms with Crippen LogP contribution < -0.4 is 4.74 Å². The van der Waals surface area contributed by atoms with Crippen molar-refractivity contribution in [3.8, 4) is 6.01 Å². The highest BCUT2D eigenvalue weighted by Gasteiger charge is 2.06. The number of hydrogen-bond donors (Lipinski definition) is 0. The molecule has 0 aliphatic heterocycles. The largest absolute Gasteiger partial charge is 0.466 e. The topological polar surface area (TPSA) is 52.3 Å². The molecule has 0 saturated carbocycles. The summed E-state index contributed by atoms with van der Waals surface area (Å²) in [6.45, 7) is 3.55. The molecule has 0 atom stereocenters. The second kappa shape index (κ2) is 3.25. The van der Waals surface area contributed by atoms with Crippen molar-refractivity contribution < 1.29 is 6.11 Å². The van der Waals surface area contributed by atoms with Crippen LogP contribution in [0.4, 0.5) is 0 Å². The second-order valence-electron chi connectivity index (χ2n) is 3.16. The van der Waals surface area contributed by atoms with E-state index in [1.807, 2.05) is 0 Å². The molecule has 5 heteroatoms. The van der Waals surface area contributed by atoms with Gasteiger partial charge < -0.3 is 4.74 Å². The molecular weight excluding hydrogens is 180 g/mol. The van der Waals surface area contributed by atoms with E-state index in [0.29, 0.717) is 11.5 Å². The Morgan fingerprint density at radius 2 is 2.29 bits per heavy atom. The highest BCUT2D eigenvalue weighted by atomic mass is 16.5. The molecule has 0 saturated heterocycles. The lowest BCUT2D eigenvalue weighted by Gasteiger charge is -2.01. The van der Waals surface area contributed by atoms with E-state index in [-0.39, 0.29) is 6.01 Å². The third-order valence-electron chi connectivity index (χ3n) is 1.88. The molecule has 0 spiro atoms. The van der Waals surface area contributed by atoms with Gasteiger partial charge in [0.15, 0.2) is 0 Å². The average molecular weight is 193 g/mol. The van der Waals surface area contributed by atoms with E-state index in [0.717, 1.165) is 0 Å². The highest BCUT2D eigenvalue weighted by Crippen LogP contribution is 2.12. The molecule has 0 N–H and O–H groups in total. The minimum atomic E-state index is -0.735. The molecule has 5 nitrogen and oxygen atoms in total. The van der Waals surface area contributed by atoms with Crippen molar-refractivity contribution in [3.05, 3.63) is 18.0 Å². The molecule has 2 rings (SSSR count). The fourth-order valence-electron chi connectivity index (χ4n) is 1.12. The summed E-state index contributed by atoms with van der Waals surface area (Å²) >= 11 is 0. The Morgan fingerprint density at radius 1 is 1.50 bits per heavy atom. The van der Waals surface area contributed by atoms with Gasteiger partial charge in [0, 0.05) is 13.3 Å². The molecule has 14 heavy (non-hydrogen) atoms. The minimum absolute atomic E-state index is 0.280. The summed E-state index contributed by atoms with van der Waals surface area (Å²) in [5.41, 5.74) is 0.657. The summed E-state index contributed by atoms with van der Waals surface area (Å²) in [7, 11) is 1.50. The third-order valence-corrected chi connectivity index (χ3v) is 1.88. The van der Waals surface area contributed by atoms with Crippen LogP contribution in [-0.2, 0) is 0 Å². The lowest BCUT2D eigenvalue weighted by molar-refractivity contribution is 0.380. The van der Waals surface area contributed by atoms with Gasteiger partial charge in [0.25, 0.3) is 5.78 Å². The fourth-order valence-corrected chi connectivity index (χ4v) is 1.12. The maximum atomic E-state index is 7.85. The zero-order valence-corrected chi connectivity index (χ0v) is 8.35. The summed E-state index contributed by atoms with van der Waals surface area (Å²) in [5.74, 6) is -0.286. The molecule has 0 amide bonds. The molecule has 74 valence electrons. The molecule has 0 bridgehead atoms.